The number of hydrogen-bond acceptors (Lipinski definition) is 4. The van der Waals surface area contributed by atoms with E-state index in [0.29, 0.717) is 6.61 Å². The maximum Gasteiger partial charge on any atom is 0.198 e. The normalized spacial score (nSPS) is 10.6. The van der Waals surface area contributed by atoms with E-state index < -0.39 is 0 Å². The van der Waals surface area contributed by atoms with Crippen LogP contribution in [-0.4, -0.2) is 24.0 Å². The van der Waals surface area contributed by atoms with Gasteiger partial charge in [0.15, 0.2) is 5.78 Å². The Bertz CT molecular complexity index is 527. The van der Waals surface area contributed by atoms with E-state index in [0.717, 1.165) is 21.5 Å². The van der Waals surface area contributed by atoms with Gasteiger partial charge in [-0.2, -0.15) is 0 Å². The van der Waals surface area contributed by atoms with Crippen LogP contribution in [0.3, 0.4) is 0 Å². The van der Waals surface area contributed by atoms with Gasteiger partial charge < -0.3 is 4.74 Å². The Hall–Kier alpha value is -1.04. The number of carbonyl (C=O) groups is 1. The highest BCUT2D eigenvalue weighted by Gasteiger charge is 2.08. The maximum absolute atomic E-state index is 11.7. The van der Waals surface area contributed by atoms with E-state index in [2.05, 4.69) is 20.9 Å². The Morgan fingerprint density at radius 1 is 1.26 bits per heavy atom. The first-order valence-electron chi connectivity index (χ1n) is 6.01. The standard InChI is InChI=1S/C14H14BrNO2S/c15-14-4-3-13(19-14)12(17)10-18-9-1-2-11-5-7-16-8-6-11/h3-8H,1-2,9-10H2. The van der Waals surface area contributed by atoms with Crippen LogP contribution in [-0.2, 0) is 11.2 Å². The van der Waals surface area contributed by atoms with E-state index in [1.165, 1.54) is 16.9 Å². The van der Waals surface area contributed by atoms with Crippen LogP contribution in [0.1, 0.15) is 21.7 Å². The first-order chi connectivity index (χ1) is 9.25. The van der Waals surface area contributed by atoms with Crippen molar-refractivity contribution < 1.29 is 9.53 Å². The number of hydrogen-bond donors (Lipinski definition) is 0. The Morgan fingerprint density at radius 3 is 2.74 bits per heavy atom. The van der Waals surface area contributed by atoms with Crippen molar-refractivity contribution in [2.75, 3.05) is 13.2 Å². The van der Waals surface area contributed by atoms with Crippen LogP contribution in [0.25, 0.3) is 0 Å². The molecule has 0 fully saturated rings. The van der Waals surface area contributed by atoms with Gasteiger partial charge in [-0.15, -0.1) is 11.3 Å². The van der Waals surface area contributed by atoms with Gasteiger partial charge in [0.25, 0.3) is 0 Å². The van der Waals surface area contributed by atoms with E-state index in [1.54, 1.807) is 12.4 Å². The molecule has 0 radical (unpaired) electrons. The topological polar surface area (TPSA) is 39.2 Å². The van der Waals surface area contributed by atoms with Gasteiger partial charge in [0.2, 0.25) is 0 Å². The van der Waals surface area contributed by atoms with Gasteiger partial charge in [-0.25, -0.2) is 0 Å². The number of aromatic nitrogens is 1. The number of ether oxygens (including phenoxy) is 1. The average Bonchev–Trinajstić information content (AvgIpc) is 2.86. The lowest BCUT2D eigenvalue weighted by Gasteiger charge is -2.03. The molecule has 0 N–H and O–H groups in total. The fourth-order valence-electron chi connectivity index (χ4n) is 1.63. The zero-order valence-electron chi connectivity index (χ0n) is 10.3. The first kappa shape index (κ1) is 14.4. The third kappa shape index (κ3) is 4.86. The van der Waals surface area contributed by atoms with Crippen LogP contribution < -0.4 is 0 Å². The summed E-state index contributed by atoms with van der Waals surface area (Å²) in [6.07, 6.45) is 5.43. The summed E-state index contributed by atoms with van der Waals surface area (Å²) in [5.41, 5.74) is 1.24. The van der Waals surface area contributed by atoms with Crippen molar-refractivity contribution in [3.05, 3.63) is 50.9 Å². The van der Waals surface area contributed by atoms with Crippen LogP contribution in [0.2, 0.25) is 0 Å². The summed E-state index contributed by atoms with van der Waals surface area (Å²) in [6.45, 7) is 0.754. The molecule has 2 heterocycles. The molecule has 19 heavy (non-hydrogen) atoms. The van der Waals surface area contributed by atoms with Crippen LogP contribution >= 0.6 is 27.3 Å². The maximum atomic E-state index is 11.7. The monoisotopic (exact) mass is 339 g/mol. The summed E-state index contributed by atoms with van der Waals surface area (Å²) in [7, 11) is 0. The summed E-state index contributed by atoms with van der Waals surface area (Å²) in [4.78, 5) is 16.5. The van der Waals surface area contributed by atoms with Crippen LogP contribution in [0.15, 0.2) is 40.4 Å². The predicted octanol–water partition coefficient (Wildman–Crippen LogP) is 3.74. The van der Waals surface area contributed by atoms with Gasteiger partial charge in [-0.1, -0.05) is 0 Å². The van der Waals surface area contributed by atoms with Gasteiger partial charge in [-0.05, 0) is 58.6 Å². The molecule has 0 aliphatic rings. The Kier molecular flexibility index (Phi) is 5.69. The number of Topliss-reactive ketones (excluding diaryl/α,β-unsaturated/α-hetero) is 1. The molecule has 0 aromatic carbocycles. The SMILES string of the molecule is O=C(COCCCc1ccncc1)c1ccc(Br)s1. The molecule has 2 aromatic heterocycles. The van der Waals surface area contributed by atoms with Crippen molar-refractivity contribution in [3.63, 3.8) is 0 Å². The van der Waals surface area contributed by atoms with Crippen molar-refractivity contribution in [3.8, 4) is 0 Å². The highest BCUT2D eigenvalue weighted by Crippen LogP contribution is 2.22. The first-order valence-corrected chi connectivity index (χ1v) is 7.62. The molecule has 0 saturated carbocycles. The molecular formula is C14H14BrNO2S. The Labute approximate surface area is 124 Å². The smallest absolute Gasteiger partial charge is 0.198 e. The van der Waals surface area contributed by atoms with Crippen LogP contribution in [0, 0.1) is 0 Å². The Morgan fingerprint density at radius 2 is 2.05 bits per heavy atom. The highest BCUT2D eigenvalue weighted by atomic mass is 79.9. The molecule has 0 bridgehead atoms. The lowest BCUT2D eigenvalue weighted by molar-refractivity contribution is 0.0760. The molecule has 5 heteroatoms. The van der Waals surface area contributed by atoms with Crippen LogP contribution in [0.5, 0.6) is 0 Å². The fourth-order valence-corrected chi connectivity index (χ4v) is 2.94. The molecule has 0 amide bonds. The molecule has 0 unspecified atom stereocenters. The zero-order valence-corrected chi connectivity index (χ0v) is 12.7. The third-order valence-electron chi connectivity index (χ3n) is 2.58. The minimum atomic E-state index is 0.0413. The molecule has 2 aromatic rings. The minimum Gasteiger partial charge on any atom is -0.373 e. The van der Waals surface area contributed by atoms with Gasteiger partial charge in [-0.3, -0.25) is 9.78 Å². The summed E-state index contributed by atoms with van der Waals surface area (Å²) in [6, 6.07) is 7.68. The second kappa shape index (κ2) is 7.53. The van der Waals surface area contributed by atoms with Crippen molar-refractivity contribution in [1.29, 1.82) is 0 Å². The number of ketones is 1. The summed E-state index contributed by atoms with van der Waals surface area (Å²) < 4.78 is 6.37. The van der Waals surface area contributed by atoms with Gasteiger partial charge in [0, 0.05) is 19.0 Å². The number of thiophene rings is 1. The molecule has 0 aliphatic carbocycles. The number of carbonyl (C=O) groups excluding carboxylic acids is 1. The molecule has 0 aliphatic heterocycles. The molecular weight excluding hydrogens is 326 g/mol. The molecule has 0 spiro atoms. The van der Waals surface area contributed by atoms with Crippen molar-refractivity contribution in [1.82, 2.24) is 4.98 Å². The minimum absolute atomic E-state index is 0.0413. The number of aryl methyl sites for hydroxylation is 1. The summed E-state index contributed by atoms with van der Waals surface area (Å²) >= 11 is 4.78. The summed E-state index contributed by atoms with van der Waals surface area (Å²) in [5, 5.41) is 0. The van der Waals surface area contributed by atoms with Crippen molar-refractivity contribution in [2.24, 2.45) is 0 Å². The van der Waals surface area contributed by atoms with Gasteiger partial charge in [0.05, 0.1) is 8.66 Å². The number of nitrogens with zero attached hydrogens (tertiary/aromatic N) is 1. The van der Waals surface area contributed by atoms with E-state index in [-0.39, 0.29) is 12.4 Å². The van der Waals surface area contributed by atoms with E-state index in [9.17, 15) is 4.79 Å². The second-order valence-corrected chi connectivity index (χ2v) is 6.50. The highest BCUT2D eigenvalue weighted by molar-refractivity contribution is 9.11. The number of pyridine rings is 1. The molecule has 0 atom stereocenters. The Balaban J connectivity index is 1.63. The van der Waals surface area contributed by atoms with Gasteiger partial charge in [0.1, 0.15) is 6.61 Å². The average molecular weight is 340 g/mol. The quantitative estimate of drug-likeness (QED) is 0.569. The van der Waals surface area contributed by atoms with Crippen molar-refractivity contribution >= 4 is 33.0 Å². The second-order valence-electron chi connectivity index (χ2n) is 4.04. The van der Waals surface area contributed by atoms with E-state index in [4.69, 9.17) is 4.74 Å². The van der Waals surface area contributed by atoms with E-state index >= 15 is 0 Å². The molecule has 3 nitrogen and oxygen atoms in total. The van der Waals surface area contributed by atoms with Crippen molar-refractivity contribution in [2.45, 2.75) is 12.8 Å². The van der Waals surface area contributed by atoms with Crippen LogP contribution in [0.4, 0.5) is 0 Å². The van der Waals surface area contributed by atoms with E-state index in [1.807, 2.05) is 24.3 Å². The zero-order chi connectivity index (χ0) is 13.5. The van der Waals surface area contributed by atoms with Gasteiger partial charge >= 0.3 is 0 Å². The lowest BCUT2D eigenvalue weighted by atomic mass is 10.1. The fraction of sp³-hybridized carbons (Fsp3) is 0.286. The summed E-state index contributed by atoms with van der Waals surface area (Å²) in [5.74, 6) is 0.0413. The lowest BCUT2D eigenvalue weighted by Crippen LogP contribution is -2.08. The third-order valence-corrected chi connectivity index (χ3v) is 4.25. The molecule has 0 saturated heterocycles. The molecule has 2 rings (SSSR count). The largest absolute Gasteiger partial charge is 0.373 e. The number of rotatable bonds is 7. The predicted molar refractivity (Wildman–Crippen MR) is 79.7 cm³/mol. The number of halogens is 1. The molecule has 100 valence electrons.